The summed E-state index contributed by atoms with van der Waals surface area (Å²) in [5.74, 6) is 0.749. The minimum atomic E-state index is -1.25. The lowest BCUT2D eigenvalue weighted by molar-refractivity contribution is -0.119. The molecule has 1 fully saturated rings. The molecule has 1 aliphatic rings. The Kier molecular flexibility index (Phi) is 7.21. The molecule has 1 amide bonds. The summed E-state index contributed by atoms with van der Waals surface area (Å²) in [7, 11) is 1.94. The molecule has 0 aromatic carbocycles. The summed E-state index contributed by atoms with van der Waals surface area (Å²) < 4.78 is 20.3. The fraction of sp³-hybridized carbons (Fsp3) is 0.423. The smallest absolute Gasteiger partial charge is 0.229 e. The zero-order chi connectivity index (χ0) is 27.0. The van der Waals surface area contributed by atoms with E-state index >= 15 is 0 Å². The van der Waals surface area contributed by atoms with Crippen LogP contribution in [-0.4, -0.2) is 60.6 Å². The van der Waals surface area contributed by atoms with E-state index in [0.29, 0.717) is 54.1 Å². The van der Waals surface area contributed by atoms with Crippen LogP contribution in [0.1, 0.15) is 6.42 Å². The number of pyridine rings is 2. The second-order valence-electron chi connectivity index (χ2n) is 10.6. The zero-order valence-electron chi connectivity index (χ0n) is 22.1. The number of aromatic nitrogens is 4. The van der Waals surface area contributed by atoms with Gasteiger partial charge in [0.05, 0.1) is 25.3 Å². The van der Waals surface area contributed by atoms with E-state index < -0.39 is 8.07 Å². The first-order valence-electron chi connectivity index (χ1n) is 12.4. The van der Waals surface area contributed by atoms with Crippen LogP contribution in [0.5, 0.6) is 11.6 Å². The zero-order valence-corrected chi connectivity index (χ0v) is 23.9. The molecule has 1 saturated carbocycles. The summed E-state index contributed by atoms with van der Waals surface area (Å²) in [5, 5.41) is 3.69. The molecule has 0 unspecified atom stereocenters. The molecule has 0 saturated heterocycles. The van der Waals surface area contributed by atoms with E-state index in [4.69, 9.17) is 19.2 Å². The molecule has 0 spiro atoms. The highest BCUT2D eigenvalue weighted by Crippen LogP contribution is 2.46. The van der Waals surface area contributed by atoms with Crippen molar-refractivity contribution in [3.8, 4) is 22.8 Å². The first-order valence-corrected chi connectivity index (χ1v) is 17.0. The van der Waals surface area contributed by atoms with Crippen LogP contribution in [0.4, 0.5) is 5.82 Å². The molecule has 200 valence electrons. The largest absolute Gasteiger partial charge is 0.494 e. The Hall–Kier alpha value is -3.35. The lowest BCUT2D eigenvalue weighted by Crippen LogP contribution is -2.22. The van der Waals surface area contributed by atoms with Gasteiger partial charge in [-0.2, -0.15) is 4.98 Å². The monoisotopic (exact) mass is 553 g/mol. The lowest BCUT2D eigenvalue weighted by Gasteiger charge is -2.15. The number of anilines is 1. The minimum absolute atomic E-state index is 0.193. The van der Waals surface area contributed by atoms with Crippen molar-refractivity contribution >= 4 is 58.8 Å². The summed E-state index contributed by atoms with van der Waals surface area (Å²) in [5.41, 5.74) is 4.44. The number of methoxy groups -OCH3 is 2. The van der Waals surface area contributed by atoms with Crippen LogP contribution >= 0.6 is 11.3 Å². The van der Waals surface area contributed by atoms with E-state index in [-0.39, 0.29) is 17.7 Å². The van der Waals surface area contributed by atoms with Gasteiger partial charge in [-0.3, -0.25) is 4.79 Å². The van der Waals surface area contributed by atoms with Gasteiger partial charge >= 0.3 is 0 Å². The first-order chi connectivity index (χ1) is 18.2. The van der Waals surface area contributed by atoms with E-state index in [0.717, 1.165) is 28.0 Å². The van der Waals surface area contributed by atoms with E-state index in [9.17, 15) is 9.59 Å². The predicted molar refractivity (Wildman–Crippen MR) is 150 cm³/mol. The van der Waals surface area contributed by atoms with Gasteiger partial charge in [0.25, 0.3) is 0 Å². The predicted octanol–water partition coefficient (Wildman–Crippen LogP) is 4.81. The Bertz CT molecular complexity index is 1510. The highest BCUT2D eigenvalue weighted by atomic mass is 32.1. The number of nitrogens with one attached hydrogen (secondary N) is 1. The molecule has 10 nitrogen and oxygen atoms in total. The number of hydrogen-bond acceptors (Lipinski definition) is 9. The van der Waals surface area contributed by atoms with Gasteiger partial charge in [-0.15, -0.1) is 11.3 Å². The van der Waals surface area contributed by atoms with Gasteiger partial charge in [0.1, 0.15) is 29.2 Å². The molecule has 38 heavy (non-hydrogen) atoms. The normalized spacial score (nSPS) is 17.1. The van der Waals surface area contributed by atoms with Crippen molar-refractivity contribution in [1.82, 2.24) is 19.5 Å². The van der Waals surface area contributed by atoms with Crippen LogP contribution in [0.15, 0.2) is 23.8 Å². The van der Waals surface area contributed by atoms with Gasteiger partial charge in [0.2, 0.25) is 11.8 Å². The number of hydrogen-bond donors (Lipinski definition) is 1. The highest BCUT2D eigenvalue weighted by Gasteiger charge is 2.43. The van der Waals surface area contributed by atoms with Crippen LogP contribution in [0.3, 0.4) is 0 Å². The van der Waals surface area contributed by atoms with Crippen molar-refractivity contribution in [3.05, 3.63) is 23.8 Å². The second-order valence-corrected chi connectivity index (χ2v) is 17.1. The van der Waals surface area contributed by atoms with E-state index in [1.165, 1.54) is 11.3 Å². The molecule has 4 aromatic rings. The molecule has 1 N–H and O–H groups in total. The SMILES string of the molecule is COc1nc2ncsc2c(OC)c1-c1cn(COCC[Si](C)(C)C)c2nc(NC(=O)[C@@H]3C[C@H]3C=O)ccc12. The van der Waals surface area contributed by atoms with Crippen LogP contribution in [0, 0.1) is 11.8 Å². The number of carbonyl (C=O) groups is 2. The van der Waals surface area contributed by atoms with Gasteiger partial charge in [-0.25, -0.2) is 9.97 Å². The third-order valence-electron chi connectivity index (χ3n) is 6.62. The number of ether oxygens (including phenoxy) is 3. The Balaban J connectivity index is 1.57. The summed E-state index contributed by atoms with van der Waals surface area (Å²) in [4.78, 5) is 37.3. The number of fused-ring (bicyclic) bond motifs is 2. The topological polar surface area (TPSA) is 117 Å². The van der Waals surface area contributed by atoms with E-state index in [1.54, 1.807) is 25.8 Å². The molecule has 0 bridgehead atoms. The maximum absolute atomic E-state index is 12.6. The van der Waals surface area contributed by atoms with Gasteiger partial charge in [-0.05, 0) is 24.6 Å². The summed E-state index contributed by atoms with van der Waals surface area (Å²) in [6.45, 7) is 7.88. The number of thiazole rings is 1. The van der Waals surface area contributed by atoms with E-state index in [2.05, 4.69) is 34.9 Å². The van der Waals surface area contributed by atoms with Crippen molar-refractivity contribution in [1.29, 1.82) is 0 Å². The average molecular weight is 554 g/mol. The number of carbonyl (C=O) groups excluding carboxylic acids is 2. The number of amides is 1. The number of aldehydes is 1. The molecule has 5 rings (SSSR count). The Morgan fingerprint density at radius 2 is 2.05 bits per heavy atom. The molecule has 0 aliphatic heterocycles. The molecule has 4 aromatic heterocycles. The van der Waals surface area contributed by atoms with Gasteiger partial charge < -0.3 is 28.9 Å². The summed E-state index contributed by atoms with van der Waals surface area (Å²) in [6.07, 6.45) is 3.37. The third kappa shape index (κ3) is 5.15. The quantitative estimate of drug-likeness (QED) is 0.160. The Labute approximate surface area is 225 Å². The second kappa shape index (κ2) is 10.4. The Morgan fingerprint density at radius 3 is 2.74 bits per heavy atom. The van der Waals surface area contributed by atoms with Crippen LogP contribution in [-0.2, 0) is 21.1 Å². The summed E-state index contributed by atoms with van der Waals surface area (Å²) in [6, 6.07) is 4.71. The summed E-state index contributed by atoms with van der Waals surface area (Å²) >= 11 is 1.45. The van der Waals surface area contributed by atoms with Crippen LogP contribution in [0.2, 0.25) is 25.7 Å². The maximum Gasteiger partial charge on any atom is 0.229 e. The first kappa shape index (κ1) is 26.3. The number of rotatable bonds is 11. The number of nitrogens with zero attached hydrogens (tertiary/aromatic N) is 4. The van der Waals surface area contributed by atoms with Crippen molar-refractivity contribution in [2.24, 2.45) is 11.8 Å². The average Bonchev–Trinajstić information content (AvgIpc) is 3.40. The van der Waals surface area contributed by atoms with Gasteiger partial charge in [-0.1, -0.05) is 19.6 Å². The van der Waals surface area contributed by atoms with Gasteiger partial charge in [0.15, 0.2) is 11.4 Å². The van der Waals surface area contributed by atoms with Crippen LogP contribution < -0.4 is 14.8 Å². The van der Waals surface area contributed by atoms with E-state index in [1.807, 2.05) is 16.8 Å². The molecular formula is C26H31N5O5SSi. The van der Waals surface area contributed by atoms with Crippen molar-refractivity contribution < 1.29 is 23.8 Å². The standard InChI is InChI=1S/C26H31N5O5SSi/c1-34-21-20(26(35-2)30-23-22(21)37-13-27-23)18-11-31(14-36-8-9-38(3,4)5)24-16(18)6-7-19(28-24)29-25(33)17-10-15(17)12-32/h6-7,11-13,15,17H,8-10,14H2,1-5H3,(H,28,29,33)/t15-,17+/m0/s1. The van der Waals surface area contributed by atoms with Crippen molar-refractivity contribution in [2.45, 2.75) is 38.8 Å². The molecule has 12 heteroatoms. The Morgan fingerprint density at radius 1 is 1.24 bits per heavy atom. The fourth-order valence-electron chi connectivity index (χ4n) is 4.38. The molecule has 4 heterocycles. The van der Waals surface area contributed by atoms with Gasteiger partial charge in [0, 0.05) is 43.7 Å². The lowest BCUT2D eigenvalue weighted by atomic mass is 10.1. The van der Waals surface area contributed by atoms with Crippen LogP contribution in [0.25, 0.3) is 32.5 Å². The minimum Gasteiger partial charge on any atom is -0.494 e. The van der Waals surface area contributed by atoms with Crippen molar-refractivity contribution in [3.63, 3.8) is 0 Å². The fourth-order valence-corrected chi connectivity index (χ4v) is 5.89. The molecule has 2 atom stereocenters. The third-order valence-corrected chi connectivity index (χ3v) is 9.14. The maximum atomic E-state index is 12.6. The van der Waals surface area contributed by atoms with Crippen molar-refractivity contribution in [2.75, 3.05) is 26.1 Å². The molecule has 1 aliphatic carbocycles. The highest BCUT2D eigenvalue weighted by molar-refractivity contribution is 7.17. The molecular weight excluding hydrogens is 522 g/mol. The molecule has 0 radical (unpaired) electrons.